The lowest BCUT2D eigenvalue weighted by molar-refractivity contribution is -0.464. The zero-order valence-corrected chi connectivity index (χ0v) is 11.8. The first kappa shape index (κ1) is 18.7. The van der Waals surface area contributed by atoms with Gasteiger partial charge in [-0.05, 0) is 0 Å². The highest BCUT2D eigenvalue weighted by Gasteiger charge is 2.76. The predicted molar refractivity (Wildman–Crippen MR) is 53.9 cm³/mol. The highest BCUT2D eigenvalue weighted by Crippen LogP contribution is 2.53. The summed E-state index contributed by atoms with van der Waals surface area (Å²) in [6.45, 7) is 0. The smallest absolute Gasteiger partial charge is 0.245 e. The van der Waals surface area contributed by atoms with Crippen LogP contribution in [0.3, 0.4) is 0 Å². The summed E-state index contributed by atoms with van der Waals surface area (Å²) < 4.78 is 114. The Bertz CT molecular complexity index is 304. The lowest BCUT2D eigenvalue weighted by Crippen LogP contribution is -2.57. The number of halogens is 12. The third kappa shape index (κ3) is 3.63. The molecule has 0 rings (SSSR count). The normalized spacial score (nSPS) is 16.0. The molecule has 0 radical (unpaired) electrons. The molecule has 0 aliphatic carbocycles. The Morgan fingerprint density at radius 2 is 0.889 bits per heavy atom. The molecule has 0 aromatic rings. The molecule has 0 fully saturated rings. The molecule has 0 unspecified atom stereocenters. The lowest BCUT2D eigenvalue weighted by Gasteiger charge is -2.32. The largest absolute Gasteiger partial charge is 0.433 e. The Balaban J connectivity index is 5.33. The van der Waals surface area contributed by atoms with Gasteiger partial charge >= 0.3 is 26.0 Å². The molecule has 0 spiro atoms. The third-order valence-corrected chi connectivity index (χ3v) is 2.61. The fraction of sp³-hybridized carbons (Fsp3) is 1.00. The first-order valence-corrected chi connectivity index (χ1v) is 5.58. The molecular weight excluding hydrogens is 520 g/mol. The van der Waals surface area contributed by atoms with Crippen LogP contribution in [0.2, 0.25) is 0 Å². The topological polar surface area (TPSA) is 9.23 Å². The van der Waals surface area contributed by atoms with Crippen LogP contribution in [0.4, 0.5) is 43.9 Å². The van der Waals surface area contributed by atoms with E-state index in [2.05, 4.69) is 0 Å². The molecule has 0 saturated heterocycles. The summed E-state index contributed by atoms with van der Waals surface area (Å²) in [5.74, 6) is -6.41. The SMILES string of the molecule is FC(F)(I)C(F)(F)OC(F)(F)C(F)(F)C(F)(F)I. The maximum absolute atomic E-state index is 12.4. The van der Waals surface area contributed by atoms with E-state index in [1.165, 1.54) is 0 Å². The van der Waals surface area contributed by atoms with Gasteiger partial charge in [0.2, 0.25) is 0 Å². The minimum absolute atomic E-state index is 0.367. The van der Waals surface area contributed by atoms with Crippen molar-refractivity contribution in [3.63, 3.8) is 0 Å². The van der Waals surface area contributed by atoms with E-state index in [0.29, 0.717) is 0 Å². The zero-order valence-electron chi connectivity index (χ0n) is 7.44. The summed E-state index contributed by atoms with van der Waals surface area (Å²) in [6, 6.07) is 0. The fourth-order valence-electron chi connectivity index (χ4n) is 0.448. The predicted octanol–water partition coefficient (Wildman–Crippen LogP) is 4.88. The Labute approximate surface area is 119 Å². The Kier molecular flexibility index (Phi) is 5.12. The van der Waals surface area contributed by atoms with Gasteiger partial charge in [0.15, 0.2) is 0 Å². The van der Waals surface area contributed by atoms with Gasteiger partial charge in [-0.1, -0.05) is 0 Å². The Morgan fingerprint density at radius 1 is 0.556 bits per heavy atom. The van der Waals surface area contributed by atoms with Crippen molar-refractivity contribution in [2.24, 2.45) is 0 Å². The summed E-state index contributed by atoms with van der Waals surface area (Å²) in [7, 11) is 0. The highest BCUT2D eigenvalue weighted by molar-refractivity contribution is 14.1. The van der Waals surface area contributed by atoms with Crippen molar-refractivity contribution in [3.8, 4) is 0 Å². The second-order valence-electron chi connectivity index (χ2n) is 2.71. The molecule has 0 amide bonds. The minimum atomic E-state index is -6.50. The van der Waals surface area contributed by atoms with Gasteiger partial charge in [0, 0.05) is 45.2 Å². The molecule has 0 aliphatic rings. The van der Waals surface area contributed by atoms with Crippen molar-refractivity contribution in [1.29, 1.82) is 0 Å². The van der Waals surface area contributed by atoms with Gasteiger partial charge in [-0.15, -0.1) is 0 Å². The maximum atomic E-state index is 12.4. The van der Waals surface area contributed by atoms with E-state index < -0.39 is 48.6 Å². The third-order valence-electron chi connectivity index (χ3n) is 1.31. The van der Waals surface area contributed by atoms with E-state index in [1.54, 1.807) is 0 Å². The first-order valence-electron chi connectivity index (χ1n) is 3.43. The molecular formula is C5F10I2O. The monoisotopic (exact) mass is 520 g/mol. The minimum Gasteiger partial charge on any atom is -0.245 e. The van der Waals surface area contributed by atoms with Crippen LogP contribution in [0.15, 0.2) is 0 Å². The van der Waals surface area contributed by atoms with Gasteiger partial charge in [0.1, 0.15) is 0 Å². The summed E-state index contributed by atoms with van der Waals surface area (Å²) in [5, 5.41) is 0. The number of hydrogen-bond donors (Lipinski definition) is 0. The van der Waals surface area contributed by atoms with Crippen LogP contribution in [0.25, 0.3) is 0 Å². The molecule has 0 aromatic heterocycles. The van der Waals surface area contributed by atoms with Crippen molar-refractivity contribution in [1.82, 2.24) is 0 Å². The number of rotatable bonds is 5. The van der Waals surface area contributed by atoms with Crippen LogP contribution in [0, 0.1) is 0 Å². The van der Waals surface area contributed by atoms with E-state index in [-0.39, 0.29) is 22.6 Å². The first-order chi connectivity index (χ1) is 7.46. The summed E-state index contributed by atoms with van der Waals surface area (Å²) >= 11 is -0.828. The summed E-state index contributed by atoms with van der Waals surface area (Å²) in [6.07, 6.45) is -12.6. The van der Waals surface area contributed by atoms with Crippen LogP contribution in [0.5, 0.6) is 0 Å². The van der Waals surface area contributed by atoms with Crippen molar-refractivity contribution in [3.05, 3.63) is 0 Å². The second kappa shape index (κ2) is 4.92. The van der Waals surface area contributed by atoms with Crippen molar-refractivity contribution in [2.45, 2.75) is 26.0 Å². The molecule has 0 saturated carbocycles. The van der Waals surface area contributed by atoms with Crippen LogP contribution in [-0.2, 0) is 4.74 Å². The zero-order chi connectivity index (χ0) is 15.2. The molecule has 110 valence electrons. The fourth-order valence-corrected chi connectivity index (χ4v) is 0.872. The van der Waals surface area contributed by atoms with E-state index in [0.717, 1.165) is 0 Å². The van der Waals surface area contributed by atoms with Gasteiger partial charge in [-0.2, -0.15) is 43.9 Å². The average molecular weight is 520 g/mol. The second-order valence-corrected chi connectivity index (χ2v) is 5.42. The maximum Gasteiger partial charge on any atom is 0.433 e. The highest BCUT2D eigenvalue weighted by atomic mass is 127. The molecule has 0 atom stereocenters. The molecule has 1 nitrogen and oxygen atoms in total. The van der Waals surface area contributed by atoms with E-state index in [9.17, 15) is 43.9 Å². The molecule has 0 bridgehead atoms. The van der Waals surface area contributed by atoms with E-state index >= 15 is 0 Å². The van der Waals surface area contributed by atoms with Gasteiger partial charge in [0.05, 0.1) is 0 Å². The number of alkyl halides is 12. The molecule has 0 heterocycles. The molecule has 18 heavy (non-hydrogen) atoms. The van der Waals surface area contributed by atoms with Crippen molar-refractivity contribution < 1.29 is 48.6 Å². The van der Waals surface area contributed by atoms with Gasteiger partial charge in [0.25, 0.3) is 0 Å². The number of hydrogen-bond acceptors (Lipinski definition) is 1. The van der Waals surface area contributed by atoms with Gasteiger partial charge in [-0.25, -0.2) is 4.74 Å². The molecule has 13 heteroatoms. The van der Waals surface area contributed by atoms with Crippen LogP contribution < -0.4 is 0 Å². The molecule has 0 aliphatic heterocycles. The molecule has 0 N–H and O–H groups in total. The van der Waals surface area contributed by atoms with Crippen LogP contribution in [0.1, 0.15) is 0 Å². The standard InChI is InChI=1S/C5F10I2O/c6-1(7,2(8,9)16)4(12,13)18-5(14,15)3(10,11)17. The van der Waals surface area contributed by atoms with Crippen molar-refractivity contribution >= 4 is 45.2 Å². The van der Waals surface area contributed by atoms with Crippen molar-refractivity contribution in [2.75, 3.05) is 0 Å². The quantitative estimate of drug-likeness (QED) is 0.286. The Morgan fingerprint density at radius 3 is 1.11 bits per heavy atom. The Hall–Kier alpha value is 0.720. The van der Waals surface area contributed by atoms with Crippen LogP contribution in [-0.4, -0.2) is 26.0 Å². The van der Waals surface area contributed by atoms with Gasteiger partial charge in [-0.3, -0.25) is 0 Å². The van der Waals surface area contributed by atoms with Gasteiger partial charge < -0.3 is 0 Å². The van der Waals surface area contributed by atoms with E-state index in [4.69, 9.17) is 0 Å². The average Bonchev–Trinajstić information content (AvgIpc) is 1.96. The lowest BCUT2D eigenvalue weighted by atomic mass is 10.3. The summed E-state index contributed by atoms with van der Waals surface area (Å²) in [5.41, 5.74) is 0. The number of ether oxygens (including phenoxy) is 1. The van der Waals surface area contributed by atoms with Crippen LogP contribution >= 0.6 is 45.2 Å². The van der Waals surface area contributed by atoms with E-state index in [1.807, 2.05) is 4.74 Å². The molecule has 0 aromatic carbocycles. The summed E-state index contributed by atoms with van der Waals surface area (Å²) in [4.78, 5) is 0.